The van der Waals surface area contributed by atoms with Crippen LogP contribution in [0.1, 0.15) is 18.5 Å². The monoisotopic (exact) mass is 279 g/mol. The number of aromatic nitrogens is 2. The fraction of sp³-hybridized carbons (Fsp3) is 0.714. The molecule has 0 spiro atoms. The highest BCUT2D eigenvalue weighted by Gasteiger charge is 2.21. The summed E-state index contributed by atoms with van der Waals surface area (Å²) in [7, 11) is 1.76. The van der Waals surface area contributed by atoms with Gasteiger partial charge in [0.1, 0.15) is 5.82 Å². The maximum Gasteiger partial charge on any atom is 0.222 e. The fourth-order valence-corrected chi connectivity index (χ4v) is 2.65. The first-order chi connectivity index (χ1) is 9.67. The Hall–Kier alpha value is -1.40. The van der Waals surface area contributed by atoms with Crippen LogP contribution < -0.4 is 11.1 Å². The summed E-state index contributed by atoms with van der Waals surface area (Å²) < 4.78 is 5.09. The quantitative estimate of drug-likeness (QED) is 0.729. The third kappa shape index (κ3) is 4.61. The van der Waals surface area contributed by atoms with Crippen molar-refractivity contribution in [2.75, 3.05) is 50.9 Å². The van der Waals surface area contributed by atoms with E-state index < -0.39 is 0 Å². The van der Waals surface area contributed by atoms with E-state index in [0.29, 0.717) is 11.9 Å². The van der Waals surface area contributed by atoms with Crippen LogP contribution in [0.4, 0.5) is 11.8 Å². The summed E-state index contributed by atoms with van der Waals surface area (Å²) >= 11 is 0. The van der Waals surface area contributed by atoms with Gasteiger partial charge in [0.2, 0.25) is 5.95 Å². The number of ether oxygens (including phenoxy) is 1. The molecule has 3 N–H and O–H groups in total. The number of methoxy groups -OCH3 is 1. The lowest BCUT2D eigenvalue weighted by atomic mass is 10.1. The summed E-state index contributed by atoms with van der Waals surface area (Å²) in [6, 6.07) is 1.93. The molecule has 0 amide bonds. The minimum absolute atomic E-state index is 0.333. The average molecular weight is 279 g/mol. The number of nitrogens with two attached hydrogens (primary N) is 1. The lowest BCUT2D eigenvalue weighted by molar-refractivity contribution is 0.178. The van der Waals surface area contributed by atoms with Gasteiger partial charge >= 0.3 is 0 Å². The van der Waals surface area contributed by atoms with Gasteiger partial charge in [0.05, 0.1) is 0 Å². The number of rotatable bonds is 7. The molecule has 1 atom stereocenters. The highest BCUT2D eigenvalue weighted by atomic mass is 16.5. The second kappa shape index (κ2) is 7.40. The van der Waals surface area contributed by atoms with Crippen LogP contribution in [0.3, 0.4) is 0 Å². The second-order valence-corrected chi connectivity index (χ2v) is 5.44. The number of hydrogen-bond donors (Lipinski definition) is 2. The molecule has 0 aliphatic carbocycles. The van der Waals surface area contributed by atoms with Crippen LogP contribution in [-0.4, -0.2) is 54.8 Å². The zero-order valence-corrected chi connectivity index (χ0v) is 12.4. The van der Waals surface area contributed by atoms with E-state index in [1.807, 2.05) is 13.0 Å². The minimum atomic E-state index is 0.333. The van der Waals surface area contributed by atoms with Gasteiger partial charge < -0.3 is 20.7 Å². The Bertz CT molecular complexity index is 406. The van der Waals surface area contributed by atoms with Crippen molar-refractivity contribution < 1.29 is 4.74 Å². The standard InChI is InChI=1S/C14H25N5O/c1-11-8-13(18-14(15)17-11)16-9-12-4-6-19(10-12)5-3-7-20-2/h8,12H,3-7,9-10H2,1-2H3,(H3,15,16,17,18). The molecule has 6 nitrogen and oxygen atoms in total. The summed E-state index contributed by atoms with van der Waals surface area (Å²) in [6.07, 6.45) is 2.35. The number of hydrogen-bond acceptors (Lipinski definition) is 6. The van der Waals surface area contributed by atoms with E-state index in [-0.39, 0.29) is 0 Å². The Morgan fingerprint density at radius 3 is 3.10 bits per heavy atom. The molecule has 1 fully saturated rings. The Balaban J connectivity index is 1.72. The molecule has 1 unspecified atom stereocenters. The van der Waals surface area contributed by atoms with Gasteiger partial charge in [-0.2, -0.15) is 4.98 Å². The number of nitrogens with one attached hydrogen (secondary N) is 1. The SMILES string of the molecule is COCCCN1CCC(CNc2cc(C)nc(N)n2)C1. The molecule has 1 aliphatic heterocycles. The molecule has 112 valence electrons. The van der Waals surface area contributed by atoms with Crippen molar-refractivity contribution in [1.82, 2.24) is 14.9 Å². The van der Waals surface area contributed by atoms with Gasteiger partial charge in [0.25, 0.3) is 0 Å². The molecule has 6 heteroatoms. The number of nitrogen functional groups attached to an aromatic ring is 1. The number of likely N-dealkylation sites (tertiary alicyclic amines) is 1. The summed E-state index contributed by atoms with van der Waals surface area (Å²) in [5, 5.41) is 3.37. The largest absolute Gasteiger partial charge is 0.385 e. The molecule has 2 rings (SSSR count). The third-order valence-electron chi connectivity index (χ3n) is 3.64. The highest BCUT2D eigenvalue weighted by Crippen LogP contribution is 2.17. The maximum absolute atomic E-state index is 5.65. The van der Waals surface area contributed by atoms with Gasteiger partial charge in [0.15, 0.2) is 0 Å². The van der Waals surface area contributed by atoms with E-state index in [1.54, 1.807) is 7.11 Å². The van der Waals surface area contributed by atoms with Gasteiger partial charge in [0, 0.05) is 45.1 Å². The van der Waals surface area contributed by atoms with Crippen molar-refractivity contribution in [2.45, 2.75) is 19.8 Å². The van der Waals surface area contributed by atoms with Gasteiger partial charge in [-0.15, -0.1) is 0 Å². The number of aryl methyl sites for hydroxylation is 1. The predicted molar refractivity (Wildman–Crippen MR) is 80.7 cm³/mol. The maximum atomic E-state index is 5.65. The summed E-state index contributed by atoms with van der Waals surface area (Å²) in [5.41, 5.74) is 6.55. The van der Waals surface area contributed by atoms with Gasteiger partial charge in [-0.3, -0.25) is 0 Å². The molecule has 0 aromatic carbocycles. The first-order valence-electron chi connectivity index (χ1n) is 7.23. The lowest BCUT2D eigenvalue weighted by Crippen LogP contribution is -2.25. The molecule has 0 radical (unpaired) electrons. The van der Waals surface area contributed by atoms with Crippen LogP contribution in [0.5, 0.6) is 0 Å². The molecule has 1 saturated heterocycles. The first kappa shape index (κ1) is 15.0. The molecule has 1 aliphatic rings. The first-order valence-corrected chi connectivity index (χ1v) is 7.23. The molecule has 20 heavy (non-hydrogen) atoms. The van der Waals surface area contributed by atoms with E-state index in [4.69, 9.17) is 10.5 Å². The van der Waals surface area contributed by atoms with Crippen LogP contribution in [0.15, 0.2) is 6.07 Å². The molecule has 1 aromatic heterocycles. The van der Waals surface area contributed by atoms with Crippen molar-refractivity contribution in [2.24, 2.45) is 5.92 Å². The second-order valence-electron chi connectivity index (χ2n) is 5.44. The Kier molecular flexibility index (Phi) is 5.55. The molecule has 1 aromatic rings. The molecule has 2 heterocycles. The van der Waals surface area contributed by atoms with E-state index in [1.165, 1.54) is 13.0 Å². The Morgan fingerprint density at radius 2 is 2.35 bits per heavy atom. The smallest absolute Gasteiger partial charge is 0.222 e. The summed E-state index contributed by atoms with van der Waals surface area (Å²) in [6.45, 7) is 7.17. The molecular weight excluding hydrogens is 254 g/mol. The van der Waals surface area contributed by atoms with Crippen molar-refractivity contribution in [3.05, 3.63) is 11.8 Å². The number of nitrogens with zero attached hydrogens (tertiary/aromatic N) is 3. The Labute approximate surface area is 120 Å². The highest BCUT2D eigenvalue weighted by molar-refractivity contribution is 5.40. The van der Waals surface area contributed by atoms with Crippen molar-refractivity contribution >= 4 is 11.8 Å². The van der Waals surface area contributed by atoms with E-state index >= 15 is 0 Å². The fourth-order valence-electron chi connectivity index (χ4n) is 2.65. The van der Waals surface area contributed by atoms with E-state index in [0.717, 1.165) is 44.2 Å². The minimum Gasteiger partial charge on any atom is -0.385 e. The molecular formula is C14H25N5O. The van der Waals surface area contributed by atoms with Crippen LogP contribution in [0.2, 0.25) is 0 Å². The Morgan fingerprint density at radius 1 is 1.50 bits per heavy atom. The molecule has 0 bridgehead atoms. The third-order valence-corrected chi connectivity index (χ3v) is 3.64. The summed E-state index contributed by atoms with van der Waals surface area (Å²) in [4.78, 5) is 10.8. The van der Waals surface area contributed by atoms with Crippen molar-refractivity contribution in [1.29, 1.82) is 0 Å². The van der Waals surface area contributed by atoms with Gasteiger partial charge in [-0.1, -0.05) is 0 Å². The topological polar surface area (TPSA) is 76.3 Å². The van der Waals surface area contributed by atoms with Crippen LogP contribution >= 0.6 is 0 Å². The van der Waals surface area contributed by atoms with Crippen LogP contribution in [0.25, 0.3) is 0 Å². The zero-order valence-electron chi connectivity index (χ0n) is 12.4. The van der Waals surface area contributed by atoms with Crippen molar-refractivity contribution in [3.63, 3.8) is 0 Å². The van der Waals surface area contributed by atoms with E-state index in [9.17, 15) is 0 Å². The average Bonchev–Trinajstić information content (AvgIpc) is 2.84. The molecule has 0 saturated carbocycles. The normalized spacial score (nSPS) is 19.4. The van der Waals surface area contributed by atoms with Gasteiger partial charge in [-0.25, -0.2) is 4.98 Å². The van der Waals surface area contributed by atoms with Crippen LogP contribution in [0, 0.1) is 12.8 Å². The number of anilines is 2. The van der Waals surface area contributed by atoms with Crippen molar-refractivity contribution in [3.8, 4) is 0 Å². The zero-order chi connectivity index (χ0) is 14.4. The lowest BCUT2D eigenvalue weighted by Gasteiger charge is -2.16. The van der Waals surface area contributed by atoms with E-state index in [2.05, 4.69) is 20.2 Å². The van der Waals surface area contributed by atoms with Crippen LogP contribution in [-0.2, 0) is 4.74 Å². The predicted octanol–water partition coefficient (Wildman–Crippen LogP) is 1.14. The van der Waals surface area contributed by atoms with Gasteiger partial charge in [-0.05, 0) is 32.2 Å². The summed E-state index contributed by atoms with van der Waals surface area (Å²) in [5.74, 6) is 1.84.